The normalized spacial score (nSPS) is 22.0. The summed E-state index contributed by atoms with van der Waals surface area (Å²) in [6.07, 6.45) is 5.67. The lowest BCUT2D eigenvalue weighted by Crippen LogP contribution is -2.43. The van der Waals surface area contributed by atoms with Crippen LogP contribution >= 0.6 is 0 Å². The molecule has 1 heterocycles. The van der Waals surface area contributed by atoms with Gasteiger partial charge in [-0.1, -0.05) is 24.3 Å². The second-order valence-corrected chi connectivity index (χ2v) is 6.06. The Kier molecular flexibility index (Phi) is 3.34. The van der Waals surface area contributed by atoms with E-state index in [1.807, 2.05) is 4.68 Å². The average Bonchev–Trinajstić information content (AvgIpc) is 2.87. The smallest absolute Gasteiger partial charge is 0.138 e. The van der Waals surface area contributed by atoms with Gasteiger partial charge in [-0.25, -0.2) is 9.67 Å². The Balaban J connectivity index is 1.96. The van der Waals surface area contributed by atoms with Crippen molar-refractivity contribution in [2.75, 3.05) is 0 Å². The summed E-state index contributed by atoms with van der Waals surface area (Å²) in [7, 11) is 0. The van der Waals surface area contributed by atoms with Crippen LogP contribution in [0.4, 0.5) is 0 Å². The summed E-state index contributed by atoms with van der Waals surface area (Å²) in [6.45, 7) is 4.24. The number of hydrogen-bond donors (Lipinski definition) is 1. The minimum atomic E-state index is -0.311. The van der Waals surface area contributed by atoms with Crippen LogP contribution in [0, 0.1) is 0 Å². The Morgan fingerprint density at radius 1 is 1.35 bits per heavy atom. The molecule has 0 radical (unpaired) electrons. The Hall–Kier alpha value is -1.68. The molecule has 1 atom stereocenters. The SMILES string of the molecule is CC(C)n1ncnc1CC1(N)CCCc2ccccc21. The number of aromatic nitrogens is 3. The van der Waals surface area contributed by atoms with Crippen molar-refractivity contribution < 1.29 is 0 Å². The van der Waals surface area contributed by atoms with Gasteiger partial charge in [-0.2, -0.15) is 5.10 Å². The molecule has 4 heteroatoms. The fourth-order valence-electron chi connectivity index (χ4n) is 3.25. The molecule has 0 saturated heterocycles. The van der Waals surface area contributed by atoms with Gasteiger partial charge in [0.05, 0.1) is 0 Å². The molecule has 0 bridgehead atoms. The number of nitrogens with zero attached hydrogens (tertiary/aromatic N) is 3. The van der Waals surface area contributed by atoms with Crippen LogP contribution in [0.1, 0.15) is 49.7 Å². The molecule has 0 fully saturated rings. The van der Waals surface area contributed by atoms with Crippen molar-refractivity contribution in [2.45, 2.75) is 51.1 Å². The number of aryl methyl sites for hydroxylation is 1. The number of fused-ring (bicyclic) bond motifs is 1. The molecule has 1 aromatic heterocycles. The predicted molar refractivity (Wildman–Crippen MR) is 79.4 cm³/mol. The summed E-state index contributed by atoms with van der Waals surface area (Å²) >= 11 is 0. The van der Waals surface area contributed by atoms with Crippen LogP contribution in [0.2, 0.25) is 0 Å². The van der Waals surface area contributed by atoms with E-state index in [1.54, 1.807) is 6.33 Å². The molecule has 0 saturated carbocycles. The van der Waals surface area contributed by atoms with Crippen LogP contribution in [0.15, 0.2) is 30.6 Å². The molecule has 20 heavy (non-hydrogen) atoms. The maximum Gasteiger partial charge on any atom is 0.138 e. The molecule has 1 unspecified atom stereocenters. The van der Waals surface area contributed by atoms with E-state index < -0.39 is 0 Å². The highest BCUT2D eigenvalue weighted by atomic mass is 15.3. The molecule has 1 aromatic carbocycles. The van der Waals surface area contributed by atoms with E-state index >= 15 is 0 Å². The number of rotatable bonds is 3. The Morgan fingerprint density at radius 3 is 2.95 bits per heavy atom. The minimum Gasteiger partial charge on any atom is -0.321 e. The fraction of sp³-hybridized carbons (Fsp3) is 0.500. The van der Waals surface area contributed by atoms with E-state index in [-0.39, 0.29) is 5.54 Å². The quantitative estimate of drug-likeness (QED) is 0.932. The maximum atomic E-state index is 6.75. The van der Waals surface area contributed by atoms with Crippen LogP contribution < -0.4 is 5.73 Å². The first-order valence-electron chi connectivity index (χ1n) is 7.36. The van der Waals surface area contributed by atoms with Crippen LogP contribution in [0.25, 0.3) is 0 Å². The molecule has 106 valence electrons. The van der Waals surface area contributed by atoms with E-state index in [0.717, 1.165) is 31.5 Å². The van der Waals surface area contributed by atoms with E-state index in [2.05, 4.69) is 48.2 Å². The third-order valence-corrected chi connectivity index (χ3v) is 4.23. The summed E-state index contributed by atoms with van der Waals surface area (Å²) in [5, 5.41) is 4.32. The average molecular weight is 270 g/mol. The number of hydrogen-bond acceptors (Lipinski definition) is 3. The largest absolute Gasteiger partial charge is 0.321 e. The van der Waals surface area contributed by atoms with Crippen LogP contribution in [-0.4, -0.2) is 14.8 Å². The second kappa shape index (κ2) is 5.02. The van der Waals surface area contributed by atoms with E-state index in [0.29, 0.717) is 6.04 Å². The summed E-state index contributed by atoms with van der Waals surface area (Å²) in [5.74, 6) is 0.985. The Labute approximate surface area is 120 Å². The summed E-state index contributed by atoms with van der Waals surface area (Å²) in [5.41, 5.74) is 9.11. The first-order valence-corrected chi connectivity index (χ1v) is 7.36. The molecule has 0 amide bonds. The zero-order valence-electron chi connectivity index (χ0n) is 12.2. The van der Waals surface area contributed by atoms with Crippen molar-refractivity contribution in [3.8, 4) is 0 Å². The van der Waals surface area contributed by atoms with Crippen molar-refractivity contribution in [3.63, 3.8) is 0 Å². The third-order valence-electron chi connectivity index (χ3n) is 4.23. The Morgan fingerprint density at radius 2 is 2.15 bits per heavy atom. The molecule has 3 rings (SSSR count). The second-order valence-electron chi connectivity index (χ2n) is 6.06. The van der Waals surface area contributed by atoms with Gasteiger partial charge in [-0.3, -0.25) is 0 Å². The lowest BCUT2D eigenvalue weighted by atomic mass is 9.75. The first-order chi connectivity index (χ1) is 9.60. The minimum absolute atomic E-state index is 0.311. The predicted octanol–water partition coefficient (Wildman–Crippen LogP) is 2.59. The Bertz CT molecular complexity index is 602. The van der Waals surface area contributed by atoms with Crippen LogP contribution in [-0.2, 0) is 18.4 Å². The van der Waals surface area contributed by atoms with E-state index in [1.165, 1.54) is 11.1 Å². The highest BCUT2D eigenvalue weighted by Crippen LogP contribution is 2.35. The van der Waals surface area contributed by atoms with Gasteiger partial charge in [0.1, 0.15) is 12.2 Å². The highest BCUT2D eigenvalue weighted by molar-refractivity contribution is 5.36. The van der Waals surface area contributed by atoms with Gasteiger partial charge in [0.15, 0.2) is 0 Å². The topological polar surface area (TPSA) is 56.7 Å². The summed E-state index contributed by atoms with van der Waals surface area (Å²) < 4.78 is 1.98. The van der Waals surface area contributed by atoms with Gasteiger partial charge < -0.3 is 5.73 Å². The molecule has 4 nitrogen and oxygen atoms in total. The van der Waals surface area contributed by atoms with Gasteiger partial charge >= 0.3 is 0 Å². The van der Waals surface area contributed by atoms with Gasteiger partial charge in [0.2, 0.25) is 0 Å². The summed E-state index contributed by atoms with van der Waals surface area (Å²) in [4.78, 5) is 4.42. The van der Waals surface area contributed by atoms with Crippen molar-refractivity contribution in [1.29, 1.82) is 0 Å². The number of nitrogens with two attached hydrogens (primary N) is 1. The standard InChI is InChI=1S/C16H22N4/c1-12(2)20-15(18-11-19-20)10-16(17)9-5-7-13-6-3-4-8-14(13)16/h3-4,6,8,11-12H,5,7,9-10,17H2,1-2H3. The van der Waals surface area contributed by atoms with E-state index in [9.17, 15) is 0 Å². The molecule has 1 aliphatic carbocycles. The molecule has 2 N–H and O–H groups in total. The molecule has 2 aromatic rings. The zero-order chi connectivity index (χ0) is 14.2. The molecular weight excluding hydrogens is 248 g/mol. The van der Waals surface area contributed by atoms with Crippen molar-refractivity contribution in [3.05, 3.63) is 47.5 Å². The van der Waals surface area contributed by atoms with E-state index in [4.69, 9.17) is 5.73 Å². The first kappa shape index (κ1) is 13.3. The van der Waals surface area contributed by atoms with Crippen molar-refractivity contribution >= 4 is 0 Å². The van der Waals surface area contributed by atoms with Crippen molar-refractivity contribution in [2.24, 2.45) is 5.73 Å². The lowest BCUT2D eigenvalue weighted by Gasteiger charge is -2.35. The van der Waals surface area contributed by atoms with Gasteiger partial charge in [0, 0.05) is 18.0 Å². The third kappa shape index (κ3) is 2.24. The van der Waals surface area contributed by atoms with Gasteiger partial charge in [0.25, 0.3) is 0 Å². The zero-order valence-corrected chi connectivity index (χ0v) is 12.2. The van der Waals surface area contributed by atoms with Crippen LogP contribution in [0.5, 0.6) is 0 Å². The highest BCUT2D eigenvalue weighted by Gasteiger charge is 2.34. The van der Waals surface area contributed by atoms with Gasteiger partial charge in [-0.15, -0.1) is 0 Å². The molecular formula is C16H22N4. The molecule has 0 spiro atoms. The summed E-state index contributed by atoms with van der Waals surface area (Å²) in [6, 6.07) is 8.86. The van der Waals surface area contributed by atoms with Gasteiger partial charge in [-0.05, 0) is 44.2 Å². The monoisotopic (exact) mass is 270 g/mol. The molecule has 1 aliphatic rings. The molecule has 0 aliphatic heterocycles. The number of benzene rings is 1. The fourth-order valence-corrected chi connectivity index (χ4v) is 3.25. The lowest BCUT2D eigenvalue weighted by molar-refractivity contribution is 0.349. The maximum absolute atomic E-state index is 6.75. The van der Waals surface area contributed by atoms with Crippen LogP contribution in [0.3, 0.4) is 0 Å². The van der Waals surface area contributed by atoms with Crippen molar-refractivity contribution in [1.82, 2.24) is 14.8 Å².